The Kier molecular flexibility index (Phi) is 3.31. The van der Waals surface area contributed by atoms with E-state index in [2.05, 4.69) is 21.9 Å². The van der Waals surface area contributed by atoms with Crippen LogP contribution in [0.2, 0.25) is 0 Å². The van der Waals surface area contributed by atoms with Crippen LogP contribution in [-0.2, 0) is 13.6 Å². The summed E-state index contributed by atoms with van der Waals surface area (Å²) >= 11 is 2.00. The Morgan fingerprint density at radius 2 is 2.40 bits per heavy atom. The highest BCUT2D eigenvalue weighted by molar-refractivity contribution is 8.00. The van der Waals surface area contributed by atoms with Gasteiger partial charge in [-0.15, -0.1) is 5.10 Å². The van der Waals surface area contributed by atoms with E-state index >= 15 is 0 Å². The first-order valence-electron chi connectivity index (χ1n) is 5.35. The fourth-order valence-corrected chi connectivity index (χ4v) is 2.86. The van der Waals surface area contributed by atoms with Crippen LogP contribution in [0.25, 0.3) is 0 Å². The molecule has 0 unspecified atom stereocenters. The van der Waals surface area contributed by atoms with E-state index in [-0.39, 0.29) is 0 Å². The van der Waals surface area contributed by atoms with E-state index in [0.717, 1.165) is 18.8 Å². The summed E-state index contributed by atoms with van der Waals surface area (Å²) in [5.41, 5.74) is 1.14. The highest BCUT2D eigenvalue weighted by Crippen LogP contribution is 2.42. The Morgan fingerprint density at radius 3 is 2.87 bits per heavy atom. The van der Waals surface area contributed by atoms with Gasteiger partial charge in [-0.25, -0.2) is 0 Å². The molecule has 1 heterocycles. The molecule has 0 spiro atoms. The predicted molar refractivity (Wildman–Crippen MR) is 62.8 cm³/mol. The van der Waals surface area contributed by atoms with E-state index in [1.165, 1.54) is 19.3 Å². The normalized spacial score (nSPS) is 18.8. The van der Waals surface area contributed by atoms with Crippen LogP contribution in [0.3, 0.4) is 0 Å². The van der Waals surface area contributed by atoms with Crippen LogP contribution in [0.1, 0.15) is 25.0 Å². The first kappa shape index (κ1) is 11.0. The molecule has 1 aliphatic rings. The molecule has 15 heavy (non-hydrogen) atoms. The number of hydrogen-bond acceptors (Lipinski definition) is 4. The third kappa shape index (κ3) is 2.34. The summed E-state index contributed by atoms with van der Waals surface area (Å²) < 4.78 is 2.32. The summed E-state index contributed by atoms with van der Waals surface area (Å²) in [6.07, 6.45) is 8.12. The van der Waals surface area contributed by atoms with Gasteiger partial charge in [0.05, 0.1) is 11.9 Å². The molecular formula is C10H18N4S. The maximum atomic E-state index is 3.91. The molecule has 1 N–H and O–H groups in total. The molecule has 0 aliphatic heterocycles. The fourth-order valence-electron chi connectivity index (χ4n) is 1.91. The molecule has 4 nitrogen and oxygen atoms in total. The molecule has 5 heteroatoms. The minimum Gasteiger partial charge on any atom is -0.310 e. The summed E-state index contributed by atoms with van der Waals surface area (Å²) in [5.74, 6) is 0. The van der Waals surface area contributed by atoms with Crippen molar-refractivity contribution in [1.82, 2.24) is 20.3 Å². The van der Waals surface area contributed by atoms with Crippen molar-refractivity contribution < 1.29 is 0 Å². The summed E-state index contributed by atoms with van der Waals surface area (Å²) in [7, 11) is 1.93. The number of nitrogens with zero attached hydrogens (tertiary/aromatic N) is 3. The van der Waals surface area contributed by atoms with E-state index in [9.17, 15) is 0 Å². The van der Waals surface area contributed by atoms with Gasteiger partial charge in [0.25, 0.3) is 0 Å². The van der Waals surface area contributed by atoms with Gasteiger partial charge in [-0.3, -0.25) is 4.68 Å². The van der Waals surface area contributed by atoms with Gasteiger partial charge in [0.15, 0.2) is 0 Å². The van der Waals surface area contributed by atoms with E-state index in [1.54, 1.807) is 0 Å². The molecule has 0 radical (unpaired) electrons. The van der Waals surface area contributed by atoms with E-state index < -0.39 is 0 Å². The number of hydrogen-bond donors (Lipinski definition) is 1. The smallest absolute Gasteiger partial charge is 0.0738 e. The molecule has 1 aromatic heterocycles. The summed E-state index contributed by atoms with van der Waals surface area (Å²) in [5, 5.41) is 11.3. The second-order valence-corrected chi connectivity index (χ2v) is 5.47. The van der Waals surface area contributed by atoms with Crippen molar-refractivity contribution in [3.8, 4) is 0 Å². The van der Waals surface area contributed by atoms with E-state index in [1.807, 2.05) is 29.7 Å². The van der Waals surface area contributed by atoms with Crippen molar-refractivity contribution in [3.63, 3.8) is 0 Å². The zero-order valence-corrected chi connectivity index (χ0v) is 10.2. The Bertz CT molecular complexity index is 313. The standard InChI is InChI=1S/C10H18N4S/c1-14-9(7-12-13-14)6-11-8-10(15-2)4-3-5-10/h7,11H,3-6,8H2,1-2H3. The number of aromatic nitrogens is 3. The van der Waals surface area contributed by atoms with Crippen LogP contribution in [0, 0.1) is 0 Å². The quantitative estimate of drug-likeness (QED) is 0.819. The maximum absolute atomic E-state index is 3.91. The van der Waals surface area contributed by atoms with Crippen molar-refractivity contribution in [2.45, 2.75) is 30.6 Å². The highest BCUT2D eigenvalue weighted by Gasteiger charge is 2.35. The first-order valence-corrected chi connectivity index (χ1v) is 6.58. The van der Waals surface area contributed by atoms with Gasteiger partial charge < -0.3 is 5.32 Å². The minimum atomic E-state index is 0.506. The highest BCUT2D eigenvalue weighted by atomic mass is 32.2. The molecule has 1 aliphatic carbocycles. The average molecular weight is 226 g/mol. The van der Waals surface area contributed by atoms with Crippen molar-refractivity contribution >= 4 is 11.8 Å². The molecule has 0 bridgehead atoms. The van der Waals surface area contributed by atoms with Crippen LogP contribution in [0.4, 0.5) is 0 Å². The number of aryl methyl sites for hydroxylation is 1. The van der Waals surface area contributed by atoms with Gasteiger partial charge in [-0.05, 0) is 19.1 Å². The van der Waals surface area contributed by atoms with Crippen molar-refractivity contribution in [1.29, 1.82) is 0 Å². The van der Waals surface area contributed by atoms with E-state index in [4.69, 9.17) is 0 Å². The summed E-state index contributed by atoms with van der Waals surface area (Å²) in [4.78, 5) is 0. The first-order chi connectivity index (χ1) is 7.26. The van der Waals surface area contributed by atoms with Crippen molar-refractivity contribution in [2.24, 2.45) is 7.05 Å². The lowest BCUT2D eigenvalue weighted by Crippen LogP contribution is -2.43. The molecule has 0 amide bonds. The Hall–Kier alpha value is -0.550. The third-order valence-electron chi connectivity index (χ3n) is 3.26. The van der Waals surface area contributed by atoms with Gasteiger partial charge in [0, 0.05) is 24.9 Å². The topological polar surface area (TPSA) is 42.7 Å². The van der Waals surface area contributed by atoms with E-state index in [0.29, 0.717) is 4.75 Å². The van der Waals surface area contributed by atoms with Crippen LogP contribution in [0.15, 0.2) is 6.20 Å². The Labute approximate surface area is 94.8 Å². The van der Waals surface area contributed by atoms with Crippen molar-refractivity contribution in [3.05, 3.63) is 11.9 Å². The average Bonchev–Trinajstić information content (AvgIpc) is 2.57. The molecule has 0 saturated heterocycles. The molecule has 1 aromatic rings. The van der Waals surface area contributed by atoms with Gasteiger partial charge in [0.1, 0.15) is 0 Å². The third-order valence-corrected chi connectivity index (χ3v) is 4.68. The van der Waals surface area contributed by atoms with Crippen LogP contribution in [-0.4, -0.2) is 32.5 Å². The minimum absolute atomic E-state index is 0.506. The molecule has 84 valence electrons. The lowest BCUT2D eigenvalue weighted by molar-refractivity contribution is 0.344. The lowest BCUT2D eigenvalue weighted by Gasteiger charge is -2.40. The second kappa shape index (κ2) is 4.53. The fraction of sp³-hybridized carbons (Fsp3) is 0.800. The van der Waals surface area contributed by atoms with Crippen LogP contribution >= 0.6 is 11.8 Å². The molecule has 2 rings (SSSR count). The van der Waals surface area contributed by atoms with Crippen LogP contribution in [0.5, 0.6) is 0 Å². The van der Waals surface area contributed by atoms with Gasteiger partial charge in [-0.1, -0.05) is 11.6 Å². The summed E-state index contributed by atoms with van der Waals surface area (Å²) in [6.45, 7) is 1.96. The lowest BCUT2D eigenvalue weighted by atomic mass is 9.84. The van der Waals surface area contributed by atoms with Gasteiger partial charge >= 0.3 is 0 Å². The number of thioether (sulfide) groups is 1. The number of rotatable bonds is 5. The Morgan fingerprint density at radius 1 is 1.60 bits per heavy atom. The maximum Gasteiger partial charge on any atom is 0.0738 e. The van der Waals surface area contributed by atoms with Crippen molar-refractivity contribution in [2.75, 3.05) is 12.8 Å². The molecule has 0 aromatic carbocycles. The number of nitrogens with one attached hydrogen (secondary N) is 1. The SMILES string of the molecule is CSC1(CNCc2cnnn2C)CCC1. The monoisotopic (exact) mass is 226 g/mol. The molecule has 1 fully saturated rings. The van der Waals surface area contributed by atoms with Gasteiger partial charge in [0.2, 0.25) is 0 Å². The van der Waals surface area contributed by atoms with Crippen LogP contribution < -0.4 is 5.32 Å². The predicted octanol–water partition coefficient (Wildman–Crippen LogP) is 1.19. The molecule has 0 atom stereocenters. The Balaban J connectivity index is 1.77. The largest absolute Gasteiger partial charge is 0.310 e. The molecule has 1 saturated carbocycles. The summed E-state index contributed by atoms with van der Waals surface area (Å²) in [6, 6.07) is 0. The zero-order chi connectivity index (χ0) is 10.7. The van der Waals surface area contributed by atoms with Gasteiger partial charge in [-0.2, -0.15) is 11.8 Å². The zero-order valence-electron chi connectivity index (χ0n) is 9.36. The molecular weight excluding hydrogens is 208 g/mol. The second-order valence-electron chi connectivity index (χ2n) is 4.19.